The Morgan fingerprint density at radius 3 is 2.25 bits per heavy atom. The predicted octanol–water partition coefficient (Wildman–Crippen LogP) is 9.01. The van der Waals surface area contributed by atoms with Gasteiger partial charge in [-0.2, -0.15) is 0 Å². The number of rotatable bonds is 14. The standard InChI is InChI=1S/C31H47NO5S.C6H12O.C3H8/c1-11-28(29-19-27(13-12-23(29)2)37-38(9,10)30(4,5)6)26-18-25(20-32-21-26)14-15-34-16-17-35-22-24(3)36-31(7,8)33;1-6-4-2-3-5-7-6;1-3-2/h1,12-13,18-21,24,28,33H,14-17,22H2,2-10H3;6H,2-5H2,1H3;3H2,1-2H3/t24-,28?;;/m1../s1. The lowest BCUT2D eigenvalue weighted by molar-refractivity contribution is -0.211. The lowest BCUT2D eigenvalue weighted by Crippen LogP contribution is -2.31. The fraction of sp³-hybridized carbons (Fsp3) is 0.675. The first-order chi connectivity index (χ1) is 22.4. The van der Waals surface area contributed by atoms with Gasteiger partial charge in [-0.25, -0.2) is 0 Å². The molecule has 7 nitrogen and oxygen atoms in total. The van der Waals surface area contributed by atoms with Crippen molar-refractivity contribution in [1.29, 1.82) is 0 Å². The first-order valence-electron chi connectivity index (χ1n) is 17.5. The molecule has 2 aromatic rings. The van der Waals surface area contributed by atoms with Crippen molar-refractivity contribution in [1.82, 2.24) is 4.98 Å². The molecule has 3 rings (SSSR count). The summed E-state index contributed by atoms with van der Waals surface area (Å²) >= 11 is 0. The second-order valence-corrected chi connectivity index (χ2v) is 18.2. The first kappa shape index (κ1) is 43.9. The van der Waals surface area contributed by atoms with Crippen LogP contribution in [0.3, 0.4) is 0 Å². The molecule has 3 atom stereocenters. The van der Waals surface area contributed by atoms with E-state index in [-0.39, 0.29) is 16.8 Å². The zero-order chi connectivity index (χ0) is 36.4. The average molecular weight is 690 g/mol. The summed E-state index contributed by atoms with van der Waals surface area (Å²) in [5.41, 5.74) is 4.24. The van der Waals surface area contributed by atoms with Gasteiger partial charge in [-0.1, -0.05) is 48.6 Å². The van der Waals surface area contributed by atoms with Crippen molar-refractivity contribution >= 4 is 10.3 Å². The van der Waals surface area contributed by atoms with Crippen LogP contribution in [0.5, 0.6) is 5.75 Å². The van der Waals surface area contributed by atoms with Crippen molar-refractivity contribution in [3.05, 3.63) is 58.9 Å². The number of hydrogen-bond acceptors (Lipinski definition) is 7. The highest BCUT2D eigenvalue weighted by Crippen LogP contribution is 2.53. The molecule has 2 unspecified atom stereocenters. The van der Waals surface area contributed by atoms with Gasteiger partial charge in [0.05, 0.1) is 44.6 Å². The molecule has 1 aliphatic rings. The molecule has 0 radical (unpaired) electrons. The number of aromatic nitrogens is 1. The first-order valence-corrected chi connectivity index (χ1v) is 19.9. The Kier molecular flexibility index (Phi) is 20.0. The van der Waals surface area contributed by atoms with Crippen molar-refractivity contribution < 1.29 is 28.2 Å². The molecule has 274 valence electrons. The van der Waals surface area contributed by atoms with Crippen LogP contribution in [0.25, 0.3) is 0 Å². The third-order valence-corrected chi connectivity index (χ3v) is 11.4. The molecular weight excluding hydrogens is 623 g/mol. The maximum absolute atomic E-state index is 9.67. The summed E-state index contributed by atoms with van der Waals surface area (Å²) in [6, 6.07) is 8.32. The van der Waals surface area contributed by atoms with Crippen LogP contribution >= 0.6 is 10.3 Å². The van der Waals surface area contributed by atoms with Crippen LogP contribution in [0.4, 0.5) is 0 Å². The van der Waals surface area contributed by atoms with Crippen LogP contribution in [0.15, 0.2) is 36.7 Å². The highest BCUT2D eigenvalue weighted by atomic mass is 32.3. The molecule has 0 bridgehead atoms. The zero-order valence-corrected chi connectivity index (χ0v) is 33.0. The topological polar surface area (TPSA) is 79.3 Å². The van der Waals surface area contributed by atoms with Gasteiger partial charge in [0.25, 0.3) is 0 Å². The molecular formula is C40H67NO6S. The second kappa shape index (κ2) is 21.9. The van der Waals surface area contributed by atoms with Crippen molar-refractivity contribution in [2.24, 2.45) is 0 Å². The molecule has 1 aliphatic heterocycles. The molecule has 2 heterocycles. The Balaban J connectivity index is 0.000000988. The molecule has 8 heteroatoms. The summed E-state index contributed by atoms with van der Waals surface area (Å²) in [6.45, 7) is 23.1. The van der Waals surface area contributed by atoms with E-state index in [1.165, 1.54) is 25.7 Å². The summed E-state index contributed by atoms with van der Waals surface area (Å²) in [7, 11) is -1.32. The van der Waals surface area contributed by atoms with E-state index in [4.69, 9.17) is 29.6 Å². The number of ether oxygens (including phenoxy) is 4. The van der Waals surface area contributed by atoms with Gasteiger partial charge in [0.15, 0.2) is 5.79 Å². The highest BCUT2D eigenvalue weighted by molar-refractivity contribution is 8.30. The molecule has 0 aliphatic carbocycles. The predicted molar refractivity (Wildman–Crippen MR) is 203 cm³/mol. The molecule has 1 N–H and O–H groups in total. The lowest BCUT2D eigenvalue weighted by Gasteiger charge is -2.43. The van der Waals surface area contributed by atoms with E-state index in [0.717, 1.165) is 41.0 Å². The van der Waals surface area contributed by atoms with E-state index in [2.05, 4.69) is 90.1 Å². The number of aliphatic hydroxyl groups is 1. The monoisotopic (exact) mass is 689 g/mol. The Morgan fingerprint density at radius 2 is 1.71 bits per heavy atom. The van der Waals surface area contributed by atoms with E-state index >= 15 is 0 Å². The van der Waals surface area contributed by atoms with Gasteiger partial charge >= 0.3 is 0 Å². The van der Waals surface area contributed by atoms with Crippen molar-refractivity contribution in [2.75, 3.05) is 45.5 Å². The van der Waals surface area contributed by atoms with E-state index in [1.807, 2.05) is 25.4 Å². The van der Waals surface area contributed by atoms with Crippen LogP contribution in [0, 0.1) is 19.3 Å². The molecule has 1 aromatic carbocycles. The maximum Gasteiger partial charge on any atom is 0.160 e. The summed E-state index contributed by atoms with van der Waals surface area (Å²) in [4.78, 5) is 4.46. The average Bonchev–Trinajstić information content (AvgIpc) is 2.98. The molecule has 0 spiro atoms. The number of nitrogens with zero attached hydrogens (tertiary/aromatic N) is 1. The highest BCUT2D eigenvalue weighted by Gasteiger charge is 2.30. The number of aryl methyl sites for hydroxylation is 1. The van der Waals surface area contributed by atoms with Gasteiger partial charge in [0, 0.05) is 23.7 Å². The van der Waals surface area contributed by atoms with E-state index in [1.54, 1.807) is 13.8 Å². The summed E-state index contributed by atoms with van der Waals surface area (Å²) in [6.07, 6.45) is 20.3. The minimum Gasteiger partial charge on any atom is -0.449 e. The van der Waals surface area contributed by atoms with Gasteiger partial charge in [-0.3, -0.25) is 4.98 Å². The smallest absolute Gasteiger partial charge is 0.160 e. The van der Waals surface area contributed by atoms with Gasteiger partial charge < -0.3 is 28.2 Å². The van der Waals surface area contributed by atoms with Crippen LogP contribution in [0.2, 0.25) is 0 Å². The van der Waals surface area contributed by atoms with Crippen LogP contribution in [0.1, 0.15) is 116 Å². The summed E-state index contributed by atoms with van der Waals surface area (Å²) in [5.74, 6) is 2.43. The quantitative estimate of drug-likeness (QED) is 0.121. The normalized spacial score (nSPS) is 16.7. The fourth-order valence-electron chi connectivity index (χ4n) is 4.60. The third-order valence-electron chi connectivity index (χ3n) is 7.81. The van der Waals surface area contributed by atoms with Crippen molar-refractivity contribution in [3.8, 4) is 18.1 Å². The van der Waals surface area contributed by atoms with Gasteiger partial charge in [-0.15, -0.1) is 6.42 Å². The number of benzene rings is 1. The Hall–Kier alpha value is -2.12. The van der Waals surface area contributed by atoms with E-state index in [9.17, 15) is 5.11 Å². The fourth-order valence-corrected chi connectivity index (χ4v) is 5.44. The second-order valence-electron chi connectivity index (χ2n) is 14.4. The molecule has 1 fully saturated rings. The Labute approximate surface area is 295 Å². The molecule has 0 saturated carbocycles. The molecule has 0 amide bonds. The van der Waals surface area contributed by atoms with Gasteiger partial charge in [-0.05, 0) is 128 Å². The summed E-state index contributed by atoms with van der Waals surface area (Å²) in [5, 5.41) is 9.67. The van der Waals surface area contributed by atoms with E-state index < -0.39 is 16.1 Å². The molecule has 1 aromatic heterocycles. The van der Waals surface area contributed by atoms with Gasteiger partial charge in [0.2, 0.25) is 0 Å². The SMILES string of the molecule is C#CC(c1cncc(CCOCCOC[C@@H](C)OC(C)(C)O)c1)c1cc(OS(C)(C)C(C)(C)C)ccc1C.CC1CCCCO1.CCC. The maximum atomic E-state index is 9.67. The minimum absolute atomic E-state index is 0.0555. The van der Waals surface area contributed by atoms with Gasteiger partial charge in [0.1, 0.15) is 5.75 Å². The number of pyridine rings is 1. The molecule has 1 saturated heterocycles. The van der Waals surface area contributed by atoms with Crippen molar-refractivity contribution in [3.63, 3.8) is 0 Å². The Bertz CT molecular complexity index is 1210. The Morgan fingerprint density at radius 1 is 1.04 bits per heavy atom. The number of terminal acetylenes is 1. The third kappa shape index (κ3) is 17.5. The van der Waals surface area contributed by atoms with Crippen LogP contribution < -0.4 is 4.18 Å². The minimum atomic E-state index is -1.32. The summed E-state index contributed by atoms with van der Waals surface area (Å²) < 4.78 is 28.6. The largest absolute Gasteiger partial charge is 0.449 e. The zero-order valence-electron chi connectivity index (χ0n) is 32.2. The lowest BCUT2D eigenvalue weighted by atomic mass is 9.89. The van der Waals surface area contributed by atoms with E-state index in [0.29, 0.717) is 32.5 Å². The van der Waals surface area contributed by atoms with Crippen LogP contribution in [-0.2, 0) is 25.4 Å². The van der Waals surface area contributed by atoms with Crippen LogP contribution in [-0.4, -0.2) is 78.4 Å². The molecule has 48 heavy (non-hydrogen) atoms. The number of hydrogen-bond donors (Lipinski definition) is 1. The van der Waals surface area contributed by atoms with Crippen molar-refractivity contribution in [2.45, 2.75) is 130 Å².